The van der Waals surface area contributed by atoms with Gasteiger partial charge in [0.2, 0.25) is 0 Å². The molecule has 0 amide bonds. The Bertz CT molecular complexity index is 1040. The Morgan fingerprint density at radius 2 is 1.70 bits per heavy atom. The van der Waals surface area contributed by atoms with Crippen LogP contribution < -0.4 is 10.5 Å². The number of rotatable bonds is 4. The number of nitriles is 1. The number of nitrogens with zero attached hydrogens (tertiary/aromatic N) is 5. The molecule has 6 heteroatoms. The first-order chi connectivity index (χ1) is 13.3. The fourth-order valence-corrected chi connectivity index (χ4v) is 3.57. The lowest BCUT2D eigenvalue weighted by Gasteiger charge is -2.36. The number of anilines is 1. The number of hydrogen-bond acceptors (Lipinski definition) is 5. The van der Waals surface area contributed by atoms with Gasteiger partial charge in [0.15, 0.2) is 0 Å². The summed E-state index contributed by atoms with van der Waals surface area (Å²) in [6.07, 6.45) is 1.64. The predicted octanol–water partition coefficient (Wildman–Crippen LogP) is 2.09. The maximum absolute atomic E-state index is 12.6. The highest BCUT2D eigenvalue weighted by atomic mass is 16.1. The highest BCUT2D eigenvalue weighted by Gasteiger charge is 2.19. The lowest BCUT2D eigenvalue weighted by molar-refractivity contribution is 0.247. The standard InChI is InChI=1S/C21H21N5O/c22-15-17-5-1-4-8-20(17)25-12-9-24(10-13-25)11-14-26-16-23-19-7-3-2-6-18(19)21(26)27/h1-8,16H,9-14H2. The highest BCUT2D eigenvalue weighted by molar-refractivity contribution is 5.76. The van der Waals surface area contributed by atoms with Gasteiger partial charge in [0, 0.05) is 39.3 Å². The summed E-state index contributed by atoms with van der Waals surface area (Å²) in [5, 5.41) is 9.95. The molecule has 0 bridgehead atoms. The first kappa shape index (κ1) is 17.3. The van der Waals surface area contributed by atoms with E-state index >= 15 is 0 Å². The summed E-state index contributed by atoms with van der Waals surface area (Å²) in [6.45, 7) is 5.03. The van der Waals surface area contributed by atoms with Crippen LogP contribution in [-0.2, 0) is 6.54 Å². The van der Waals surface area contributed by atoms with E-state index in [1.807, 2.05) is 48.5 Å². The van der Waals surface area contributed by atoms with Crippen molar-refractivity contribution in [2.45, 2.75) is 6.54 Å². The van der Waals surface area contributed by atoms with Crippen LogP contribution in [0, 0.1) is 11.3 Å². The summed E-state index contributed by atoms with van der Waals surface area (Å²) in [5.74, 6) is 0. The topological polar surface area (TPSA) is 65.2 Å². The highest BCUT2D eigenvalue weighted by Crippen LogP contribution is 2.20. The van der Waals surface area contributed by atoms with Crippen molar-refractivity contribution >= 4 is 16.6 Å². The Morgan fingerprint density at radius 3 is 2.52 bits per heavy atom. The quantitative estimate of drug-likeness (QED) is 0.714. The minimum atomic E-state index is 0.0159. The summed E-state index contributed by atoms with van der Waals surface area (Å²) in [6, 6.07) is 17.5. The molecule has 0 N–H and O–H groups in total. The molecule has 1 saturated heterocycles. The number of aromatic nitrogens is 2. The SMILES string of the molecule is N#Cc1ccccc1N1CCN(CCn2cnc3ccccc3c2=O)CC1. The van der Waals surface area contributed by atoms with Crippen LogP contribution in [0.2, 0.25) is 0 Å². The van der Waals surface area contributed by atoms with E-state index in [9.17, 15) is 10.1 Å². The van der Waals surface area contributed by atoms with Gasteiger partial charge in [0.05, 0.1) is 28.5 Å². The zero-order valence-corrected chi connectivity index (χ0v) is 15.1. The van der Waals surface area contributed by atoms with E-state index in [1.54, 1.807) is 10.9 Å². The van der Waals surface area contributed by atoms with Crippen molar-refractivity contribution in [3.05, 3.63) is 70.8 Å². The van der Waals surface area contributed by atoms with Crippen molar-refractivity contribution in [2.75, 3.05) is 37.6 Å². The van der Waals surface area contributed by atoms with E-state index in [1.165, 1.54) is 0 Å². The Labute approximate surface area is 157 Å². The largest absolute Gasteiger partial charge is 0.368 e. The van der Waals surface area contributed by atoms with Gasteiger partial charge in [-0.3, -0.25) is 14.3 Å². The molecule has 3 aromatic rings. The second kappa shape index (κ2) is 7.60. The average Bonchev–Trinajstić information content (AvgIpc) is 2.74. The Balaban J connectivity index is 1.38. The summed E-state index contributed by atoms with van der Waals surface area (Å²) >= 11 is 0. The molecule has 1 aromatic heterocycles. The fourth-order valence-electron chi connectivity index (χ4n) is 3.57. The molecule has 0 unspecified atom stereocenters. The van der Waals surface area contributed by atoms with Gasteiger partial charge in [-0.25, -0.2) is 4.98 Å². The molecule has 0 aliphatic carbocycles. The monoisotopic (exact) mass is 359 g/mol. The Hall–Kier alpha value is -3.17. The van der Waals surface area contributed by atoms with Crippen LogP contribution in [0.4, 0.5) is 5.69 Å². The molecule has 0 spiro atoms. The number of benzene rings is 2. The molecule has 0 atom stereocenters. The van der Waals surface area contributed by atoms with Crippen LogP contribution >= 0.6 is 0 Å². The normalized spacial score (nSPS) is 15.0. The van der Waals surface area contributed by atoms with E-state index in [0.29, 0.717) is 11.9 Å². The molecule has 0 radical (unpaired) electrons. The van der Waals surface area contributed by atoms with Crippen LogP contribution in [0.15, 0.2) is 59.7 Å². The lowest BCUT2D eigenvalue weighted by Crippen LogP contribution is -2.47. The summed E-state index contributed by atoms with van der Waals surface area (Å²) < 4.78 is 1.69. The molecule has 2 heterocycles. The van der Waals surface area contributed by atoms with Crippen molar-refractivity contribution in [2.24, 2.45) is 0 Å². The average molecular weight is 359 g/mol. The minimum absolute atomic E-state index is 0.0159. The van der Waals surface area contributed by atoms with Crippen LogP contribution in [-0.4, -0.2) is 47.2 Å². The first-order valence-electron chi connectivity index (χ1n) is 9.17. The molecule has 1 aliphatic rings. The van der Waals surface area contributed by atoms with Crippen molar-refractivity contribution in [3.63, 3.8) is 0 Å². The van der Waals surface area contributed by atoms with E-state index in [0.717, 1.165) is 49.5 Å². The molecule has 6 nitrogen and oxygen atoms in total. The van der Waals surface area contributed by atoms with Gasteiger partial charge >= 0.3 is 0 Å². The smallest absolute Gasteiger partial charge is 0.261 e. The maximum Gasteiger partial charge on any atom is 0.261 e. The van der Waals surface area contributed by atoms with E-state index in [-0.39, 0.29) is 5.56 Å². The number of para-hydroxylation sites is 2. The third-order valence-corrected chi connectivity index (χ3v) is 5.13. The molecule has 4 rings (SSSR count). The fraction of sp³-hybridized carbons (Fsp3) is 0.286. The first-order valence-corrected chi connectivity index (χ1v) is 9.17. The molecular formula is C21H21N5O. The minimum Gasteiger partial charge on any atom is -0.368 e. The van der Waals surface area contributed by atoms with Crippen molar-refractivity contribution < 1.29 is 0 Å². The van der Waals surface area contributed by atoms with Crippen molar-refractivity contribution in [1.82, 2.24) is 14.5 Å². The van der Waals surface area contributed by atoms with Crippen LogP contribution in [0.25, 0.3) is 10.9 Å². The van der Waals surface area contributed by atoms with Gasteiger partial charge in [-0.15, -0.1) is 0 Å². The van der Waals surface area contributed by atoms with Gasteiger partial charge in [0.25, 0.3) is 5.56 Å². The van der Waals surface area contributed by atoms with E-state index in [4.69, 9.17) is 0 Å². The van der Waals surface area contributed by atoms with Crippen LogP contribution in [0.1, 0.15) is 5.56 Å². The Morgan fingerprint density at radius 1 is 0.963 bits per heavy atom. The molecule has 1 aliphatic heterocycles. The van der Waals surface area contributed by atoms with Gasteiger partial charge in [0.1, 0.15) is 6.07 Å². The number of hydrogen-bond donors (Lipinski definition) is 0. The summed E-state index contributed by atoms with van der Waals surface area (Å²) in [4.78, 5) is 21.6. The van der Waals surface area contributed by atoms with E-state index < -0.39 is 0 Å². The number of fused-ring (bicyclic) bond motifs is 1. The van der Waals surface area contributed by atoms with Crippen molar-refractivity contribution in [3.8, 4) is 6.07 Å². The second-order valence-electron chi connectivity index (χ2n) is 6.72. The number of piperazine rings is 1. The van der Waals surface area contributed by atoms with Crippen molar-refractivity contribution in [1.29, 1.82) is 5.26 Å². The summed E-state index contributed by atoms with van der Waals surface area (Å²) in [5.41, 5.74) is 2.49. The second-order valence-corrected chi connectivity index (χ2v) is 6.72. The van der Waals surface area contributed by atoms with Gasteiger partial charge in [-0.05, 0) is 24.3 Å². The molecule has 2 aromatic carbocycles. The molecular weight excluding hydrogens is 338 g/mol. The van der Waals surface area contributed by atoms with Crippen LogP contribution in [0.3, 0.4) is 0 Å². The molecule has 1 fully saturated rings. The zero-order valence-electron chi connectivity index (χ0n) is 15.1. The predicted molar refractivity (Wildman–Crippen MR) is 106 cm³/mol. The molecule has 136 valence electrons. The summed E-state index contributed by atoms with van der Waals surface area (Å²) in [7, 11) is 0. The van der Waals surface area contributed by atoms with Gasteiger partial charge < -0.3 is 4.90 Å². The third kappa shape index (κ3) is 3.55. The third-order valence-electron chi connectivity index (χ3n) is 5.13. The van der Waals surface area contributed by atoms with Gasteiger partial charge in [-0.2, -0.15) is 5.26 Å². The van der Waals surface area contributed by atoms with Crippen LogP contribution in [0.5, 0.6) is 0 Å². The zero-order chi connectivity index (χ0) is 18.6. The Kier molecular flexibility index (Phi) is 4.86. The molecule has 0 saturated carbocycles. The van der Waals surface area contributed by atoms with E-state index in [2.05, 4.69) is 20.9 Å². The molecule has 27 heavy (non-hydrogen) atoms. The van der Waals surface area contributed by atoms with Gasteiger partial charge in [-0.1, -0.05) is 24.3 Å². The lowest BCUT2D eigenvalue weighted by atomic mass is 10.1. The maximum atomic E-state index is 12.6.